The number of nitrogens with one attached hydrogen (secondary N) is 3. The van der Waals surface area contributed by atoms with Gasteiger partial charge < -0.3 is 19.8 Å². The van der Waals surface area contributed by atoms with Crippen LogP contribution in [0.25, 0.3) is 11.0 Å². The lowest BCUT2D eigenvalue weighted by molar-refractivity contribution is -0.114. The molecule has 35 heavy (non-hydrogen) atoms. The minimum atomic E-state index is -3.90. The van der Waals surface area contributed by atoms with Gasteiger partial charge in [-0.15, -0.1) is 0 Å². The van der Waals surface area contributed by atoms with Crippen LogP contribution >= 0.6 is 0 Å². The average molecular weight is 496 g/mol. The average Bonchev–Trinajstić information content (AvgIpc) is 2.83. The van der Waals surface area contributed by atoms with Gasteiger partial charge in [-0.25, -0.2) is 27.9 Å². The van der Waals surface area contributed by atoms with Crippen LogP contribution in [0.1, 0.15) is 5.56 Å². The summed E-state index contributed by atoms with van der Waals surface area (Å²) in [7, 11) is -2.45. The zero-order chi connectivity index (χ0) is 25.0. The van der Waals surface area contributed by atoms with E-state index in [1.54, 1.807) is 25.1 Å². The Morgan fingerprint density at radius 3 is 2.40 bits per heavy atom. The molecule has 3 N–H and O–H groups in total. The van der Waals surface area contributed by atoms with Crippen molar-refractivity contribution in [1.29, 1.82) is 0 Å². The van der Waals surface area contributed by atoms with Crippen molar-refractivity contribution in [3.05, 3.63) is 76.9 Å². The van der Waals surface area contributed by atoms with E-state index in [-0.39, 0.29) is 23.3 Å². The molecule has 2 heterocycles. The Morgan fingerprint density at radius 1 is 1.03 bits per heavy atom. The molecule has 2 aromatic carbocycles. The van der Waals surface area contributed by atoms with Gasteiger partial charge in [0.15, 0.2) is 5.75 Å². The number of carbonyl (C=O) groups excluding carboxylic acids is 1. The van der Waals surface area contributed by atoms with Gasteiger partial charge in [0.1, 0.15) is 5.58 Å². The molecule has 0 saturated heterocycles. The Bertz CT molecular complexity index is 1530. The highest BCUT2D eigenvalue weighted by Crippen LogP contribution is 2.21. The van der Waals surface area contributed by atoms with Crippen LogP contribution < -0.4 is 25.7 Å². The lowest BCUT2D eigenvalue weighted by Gasteiger charge is -2.10. The summed E-state index contributed by atoms with van der Waals surface area (Å²) < 4.78 is 37.5. The van der Waals surface area contributed by atoms with Crippen molar-refractivity contribution < 1.29 is 22.4 Å². The van der Waals surface area contributed by atoms with E-state index in [2.05, 4.69) is 25.3 Å². The van der Waals surface area contributed by atoms with Gasteiger partial charge in [0.25, 0.3) is 10.0 Å². The number of carbonyl (C=O) groups is 1. The predicted octanol–water partition coefficient (Wildman–Crippen LogP) is 2.75. The second-order valence-corrected chi connectivity index (χ2v) is 9.12. The van der Waals surface area contributed by atoms with Crippen LogP contribution in [0.4, 0.5) is 17.3 Å². The first-order chi connectivity index (χ1) is 16.7. The van der Waals surface area contributed by atoms with E-state index in [0.717, 1.165) is 10.9 Å². The zero-order valence-electron chi connectivity index (χ0n) is 18.7. The molecule has 4 rings (SSSR count). The van der Waals surface area contributed by atoms with E-state index in [1.807, 2.05) is 0 Å². The molecule has 2 aromatic heterocycles. The molecule has 0 unspecified atom stereocenters. The zero-order valence-corrected chi connectivity index (χ0v) is 19.5. The maximum absolute atomic E-state index is 12.5. The Hall–Kier alpha value is -4.45. The predicted molar refractivity (Wildman–Crippen MR) is 130 cm³/mol. The van der Waals surface area contributed by atoms with Crippen molar-refractivity contribution in [2.75, 3.05) is 29.0 Å². The Kier molecular flexibility index (Phi) is 6.64. The SMILES string of the molecule is COc1cnc(NS(=O)(=O)c2ccc(NCC(=O)Nc3ccc4c(C)cc(=O)oc4c3)cc2)nc1. The summed E-state index contributed by atoms with van der Waals surface area (Å²) in [6.07, 6.45) is 2.69. The largest absolute Gasteiger partial charge is 0.494 e. The molecule has 0 radical (unpaired) electrons. The van der Waals surface area contributed by atoms with Gasteiger partial charge in [0, 0.05) is 28.9 Å². The third kappa shape index (κ3) is 5.73. The summed E-state index contributed by atoms with van der Waals surface area (Å²) in [5.41, 5.74) is 1.72. The number of anilines is 3. The Balaban J connectivity index is 1.35. The van der Waals surface area contributed by atoms with Crippen molar-refractivity contribution in [2.24, 2.45) is 0 Å². The van der Waals surface area contributed by atoms with Crippen molar-refractivity contribution in [1.82, 2.24) is 9.97 Å². The summed E-state index contributed by atoms with van der Waals surface area (Å²) in [4.78, 5) is 31.7. The summed E-state index contributed by atoms with van der Waals surface area (Å²) in [5.74, 6) is -0.0307. The number of rotatable bonds is 8. The van der Waals surface area contributed by atoms with Crippen LogP contribution in [0, 0.1) is 6.92 Å². The number of sulfonamides is 1. The van der Waals surface area contributed by atoms with Gasteiger partial charge in [0.2, 0.25) is 11.9 Å². The molecule has 0 bridgehead atoms. The number of hydrogen-bond donors (Lipinski definition) is 3. The fourth-order valence-corrected chi connectivity index (χ4v) is 4.15. The number of nitrogens with zero attached hydrogens (tertiary/aromatic N) is 2. The normalized spacial score (nSPS) is 11.1. The molecule has 0 spiro atoms. The van der Waals surface area contributed by atoms with Gasteiger partial charge in [0.05, 0.1) is 30.9 Å². The lowest BCUT2D eigenvalue weighted by Crippen LogP contribution is -2.21. The first kappa shape index (κ1) is 23.7. The third-order valence-corrected chi connectivity index (χ3v) is 6.29. The van der Waals surface area contributed by atoms with E-state index in [0.29, 0.717) is 22.7 Å². The second kappa shape index (κ2) is 9.81. The Morgan fingerprint density at radius 2 is 1.71 bits per heavy atom. The molecule has 12 heteroatoms. The van der Waals surface area contributed by atoms with Gasteiger partial charge >= 0.3 is 5.63 Å². The quantitative estimate of drug-likeness (QED) is 0.313. The van der Waals surface area contributed by atoms with Gasteiger partial charge in [-0.3, -0.25) is 4.79 Å². The number of amides is 1. The van der Waals surface area contributed by atoms with Crippen LogP contribution in [0.5, 0.6) is 5.75 Å². The van der Waals surface area contributed by atoms with Crippen LogP contribution in [0.3, 0.4) is 0 Å². The number of benzene rings is 2. The summed E-state index contributed by atoms with van der Waals surface area (Å²) in [5, 5.41) is 6.43. The second-order valence-electron chi connectivity index (χ2n) is 7.44. The smallest absolute Gasteiger partial charge is 0.336 e. The number of methoxy groups -OCH3 is 1. The number of fused-ring (bicyclic) bond motifs is 1. The molecule has 0 aliphatic heterocycles. The van der Waals surface area contributed by atoms with Crippen molar-refractivity contribution in [2.45, 2.75) is 11.8 Å². The summed E-state index contributed by atoms with van der Waals surface area (Å²) in [6.45, 7) is 1.74. The highest BCUT2D eigenvalue weighted by atomic mass is 32.2. The highest BCUT2D eigenvalue weighted by molar-refractivity contribution is 7.92. The van der Waals surface area contributed by atoms with Crippen molar-refractivity contribution in [3.63, 3.8) is 0 Å². The van der Waals surface area contributed by atoms with E-state index in [4.69, 9.17) is 9.15 Å². The fraction of sp³-hybridized carbons (Fsp3) is 0.130. The maximum atomic E-state index is 12.5. The first-order valence-electron chi connectivity index (χ1n) is 10.3. The molecular formula is C23H21N5O6S. The van der Waals surface area contributed by atoms with E-state index in [9.17, 15) is 18.0 Å². The van der Waals surface area contributed by atoms with Gasteiger partial charge in [-0.05, 0) is 48.9 Å². The van der Waals surface area contributed by atoms with Crippen LogP contribution in [-0.2, 0) is 14.8 Å². The Labute approximate surface area is 200 Å². The molecule has 0 saturated carbocycles. The third-order valence-electron chi connectivity index (χ3n) is 4.94. The molecule has 0 aliphatic carbocycles. The van der Waals surface area contributed by atoms with E-state index >= 15 is 0 Å². The van der Waals surface area contributed by atoms with Gasteiger partial charge in [-0.2, -0.15) is 0 Å². The minimum absolute atomic E-state index is 0.000121. The lowest BCUT2D eigenvalue weighted by atomic mass is 10.1. The highest BCUT2D eigenvalue weighted by Gasteiger charge is 2.16. The van der Waals surface area contributed by atoms with Crippen LogP contribution in [-0.4, -0.2) is 37.9 Å². The fourth-order valence-electron chi connectivity index (χ4n) is 3.20. The number of aryl methyl sites for hydroxylation is 1. The standard InChI is InChI=1S/C23H21N5O6S/c1-14-9-22(30)34-20-10-16(5-8-19(14)20)27-21(29)13-24-15-3-6-18(7-4-15)35(31,32)28-23-25-11-17(33-2)12-26-23/h3-12,24H,13H2,1-2H3,(H,27,29)(H,25,26,28). The van der Waals surface area contributed by atoms with E-state index in [1.165, 1.54) is 49.8 Å². The molecule has 180 valence electrons. The van der Waals surface area contributed by atoms with Crippen molar-refractivity contribution in [3.8, 4) is 5.75 Å². The van der Waals surface area contributed by atoms with Gasteiger partial charge in [-0.1, -0.05) is 0 Å². The summed E-state index contributed by atoms with van der Waals surface area (Å²) >= 11 is 0. The van der Waals surface area contributed by atoms with Crippen LogP contribution in [0.2, 0.25) is 0 Å². The summed E-state index contributed by atoms with van der Waals surface area (Å²) in [6, 6.07) is 12.3. The number of ether oxygens (including phenoxy) is 1. The van der Waals surface area contributed by atoms with Crippen LogP contribution in [0.15, 0.2) is 75.0 Å². The molecule has 0 fully saturated rings. The number of hydrogen-bond acceptors (Lipinski definition) is 9. The topological polar surface area (TPSA) is 153 Å². The van der Waals surface area contributed by atoms with Crippen molar-refractivity contribution >= 4 is 44.2 Å². The molecule has 11 nitrogen and oxygen atoms in total. The van der Waals surface area contributed by atoms with E-state index < -0.39 is 15.6 Å². The molecular weight excluding hydrogens is 474 g/mol. The first-order valence-corrected chi connectivity index (χ1v) is 11.8. The molecule has 0 atom stereocenters. The minimum Gasteiger partial charge on any atom is -0.494 e. The molecule has 0 aliphatic rings. The monoisotopic (exact) mass is 495 g/mol. The molecule has 4 aromatic rings. The number of aromatic nitrogens is 2. The maximum Gasteiger partial charge on any atom is 0.336 e. The molecule has 1 amide bonds.